The molecule has 0 saturated heterocycles. The highest BCUT2D eigenvalue weighted by molar-refractivity contribution is 5.83. The van der Waals surface area contributed by atoms with E-state index in [-0.39, 0.29) is 6.10 Å². The minimum absolute atomic E-state index is 0.167. The maximum absolute atomic E-state index is 9.96. The molecule has 1 aromatic heterocycles. The smallest absolute Gasteiger partial charge is 0.207 e. The predicted molar refractivity (Wildman–Crippen MR) is 113 cm³/mol. The molecule has 0 aliphatic heterocycles. The van der Waals surface area contributed by atoms with Gasteiger partial charge in [0, 0.05) is 17.5 Å². The molecule has 5 heteroatoms. The number of benzene rings is 1. The van der Waals surface area contributed by atoms with Gasteiger partial charge in [0.05, 0.1) is 12.4 Å². The summed E-state index contributed by atoms with van der Waals surface area (Å²) in [4.78, 5) is 9.96. The number of furan rings is 1. The van der Waals surface area contributed by atoms with Crippen LogP contribution in [-0.2, 0) is 4.79 Å². The number of carbonyl (C=O) groups is 1. The third-order valence-electron chi connectivity index (χ3n) is 4.92. The summed E-state index contributed by atoms with van der Waals surface area (Å²) in [7, 11) is 0. The Morgan fingerprint density at radius 3 is 2.39 bits per heavy atom. The van der Waals surface area contributed by atoms with Gasteiger partial charge in [-0.1, -0.05) is 19.3 Å². The van der Waals surface area contributed by atoms with E-state index >= 15 is 0 Å². The van der Waals surface area contributed by atoms with Crippen LogP contribution in [0, 0.1) is 6.92 Å². The summed E-state index contributed by atoms with van der Waals surface area (Å²) in [5.74, 6) is 0.903. The van der Waals surface area contributed by atoms with Gasteiger partial charge in [0.2, 0.25) is 6.41 Å². The van der Waals surface area contributed by atoms with Gasteiger partial charge in [-0.2, -0.15) is 0 Å². The Balaban J connectivity index is 0.000000184. The summed E-state index contributed by atoms with van der Waals surface area (Å²) in [6, 6.07) is 6.64. The van der Waals surface area contributed by atoms with Gasteiger partial charge in [-0.25, -0.2) is 0 Å². The normalized spacial score (nSPS) is 17.0. The summed E-state index contributed by atoms with van der Waals surface area (Å²) < 4.78 is 11.4. The Morgan fingerprint density at radius 1 is 1.14 bits per heavy atom. The molecule has 0 bridgehead atoms. The van der Waals surface area contributed by atoms with Crippen LogP contribution >= 0.6 is 0 Å². The highest BCUT2D eigenvalue weighted by atomic mass is 16.5. The van der Waals surface area contributed by atoms with Crippen molar-refractivity contribution >= 4 is 17.4 Å². The summed E-state index contributed by atoms with van der Waals surface area (Å²) in [5, 5.41) is 12.0. The minimum Gasteiger partial charge on any atom is -0.486 e. The van der Waals surface area contributed by atoms with Crippen LogP contribution in [0.25, 0.3) is 11.0 Å². The summed E-state index contributed by atoms with van der Waals surface area (Å²) in [6.45, 7) is 5.53. The van der Waals surface area contributed by atoms with Crippen molar-refractivity contribution in [1.29, 1.82) is 0 Å². The largest absolute Gasteiger partial charge is 0.486 e. The molecule has 1 amide bonds. The molecule has 2 saturated carbocycles. The van der Waals surface area contributed by atoms with Gasteiger partial charge in [-0.05, 0) is 76.6 Å². The molecular weight excluding hydrogens is 354 g/mol. The first-order valence-electron chi connectivity index (χ1n) is 10.5. The summed E-state index contributed by atoms with van der Waals surface area (Å²) in [5.41, 5.74) is 2.10. The van der Waals surface area contributed by atoms with E-state index in [1.165, 1.54) is 56.9 Å². The lowest BCUT2D eigenvalue weighted by Gasteiger charge is -2.26. The van der Waals surface area contributed by atoms with Crippen LogP contribution < -0.4 is 10.1 Å². The zero-order chi connectivity index (χ0) is 20.4. The molecule has 0 spiro atoms. The molecule has 2 N–H and O–H groups in total. The lowest BCUT2D eigenvalue weighted by atomic mass is 9.96. The Kier molecular flexibility index (Phi) is 9.35. The van der Waals surface area contributed by atoms with Crippen molar-refractivity contribution in [3.05, 3.63) is 30.0 Å². The lowest BCUT2D eigenvalue weighted by molar-refractivity contribution is -0.110. The Labute approximate surface area is 168 Å². The first-order valence-corrected chi connectivity index (χ1v) is 10.5. The van der Waals surface area contributed by atoms with Crippen molar-refractivity contribution in [1.82, 2.24) is 5.32 Å². The fraction of sp³-hybridized carbons (Fsp3) is 0.609. The minimum atomic E-state index is -0.167. The number of aliphatic hydroxyl groups excluding tert-OH is 1. The fourth-order valence-corrected chi connectivity index (χ4v) is 3.31. The molecule has 1 heterocycles. The van der Waals surface area contributed by atoms with Crippen LogP contribution in [-0.4, -0.2) is 29.8 Å². The zero-order valence-electron chi connectivity index (χ0n) is 17.4. The van der Waals surface area contributed by atoms with E-state index in [4.69, 9.17) is 14.3 Å². The molecule has 2 aromatic rings. The number of carbonyl (C=O) groups excluding carboxylic acids is 1. The lowest BCUT2D eigenvalue weighted by Crippen LogP contribution is -2.29. The molecule has 4 rings (SSSR count). The topological polar surface area (TPSA) is 71.7 Å². The van der Waals surface area contributed by atoms with Gasteiger partial charge in [0.15, 0.2) is 11.3 Å². The third kappa shape index (κ3) is 7.55. The van der Waals surface area contributed by atoms with Crippen molar-refractivity contribution in [3.63, 3.8) is 0 Å². The summed E-state index contributed by atoms with van der Waals surface area (Å²) >= 11 is 0. The van der Waals surface area contributed by atoms with E-state index in [0.29, 0.717) is 12.1 Å². The molecule has 2 aliphatic rings. The second-order valence-corrected chi connectivity index (χ2v) is 7.99. The number of fused-ring (bicyclic) bond motifs is 1. The predicted octanol–water partition coefficient (Wildman–Crippen LogP) is 5.12. The molecule has 156 valence electrons. The first kappa shape index (κ1) is 22.3. The monoisotopic (exact) mass is 389 g/mol. The van der Waals surface area contributed by atoms with Crippen molar-refractivity contribution in [2.75, 3.05) is 0 Å². The van der Waals surface area contributed by atoms with Crippen molar-refractivity contribution in [2.45, 2.75) is 90.4 Å². The van der Waals surface area contributed by atoms with Crippen molar-refractivity contribution in [3.8, 4) is 5.75 Å². The van der Waals surface area contributed by atoms with E-state index in [1.54, 1.807) is 20.1 Å². The molecule has 28 heavy (non-hydrogen) atoms. The molecule has 2 aliphatic carbocycles. The Morgan fingerprint density at radius 2 is 1.82 bits per heavy atom. The zero-order valence-corrected chi connectivity index (χ0v) is 17.4. The average Bonchev–Trinajstić information content (AvgIpc) is 3.08. The van der Waals surface area contributed by atoms with E-state index in [0.717, 1.165) is 23.1 Å². The van der Waals surface area contributed by atoms with Crippen LogP contribution in [0.2, 0.25) is 0 Å². The van der Waals surface area contributed by atoms with Crippen LogP contribution in [0.3, 0.4) is 0 Å². The summed E-state index contributed by atoms with van der Waals surface area (Å²) in [6.07, 6.45) is 12.7. The number of ether oxygens (including phenoxy) is 1. The number of amides is 1. The van der Waals surface area contributed by atoms with E-state index in [9.17, 15) is 4.79 Å². The van der Waals surface area contributed by atoms with Gasteiger partial charge in [0.25, 0.3) is 0 Å². The highest BCUT2D eigenvalue weighted by Crippen LogP contribution is 2.32. The molecule has 5 nitrogen and oxygen atoms in total. The van der Waals surface area contributed by atoms with Crippen LogP contribution in [0.5, 0.6) is 5.75 Å². The number of hydrogen-bond acceptors (Lipinski definition) is 4. The van der Waals surface area contributed by atoms with Crippen LogP contribution in [0.4, 0.5) is 0 Å². The standard InChI is InChI=1S/C13H14O2.C7H13NO.C3H8O/c1-9-7-10-5-6-14-13(10)12(8-9)15-11-3-2-4-11;9-6-8-7-4-2-1-3-5-7;1-3(2)4/h5-8,11H,2-4H2,1H3;6-7H,1-5H2,(H,8,9);3-4H,1-2H3. The maximum atomic E-state index is 9.96. The number of aryl methyl sites for hydroxylation is 1. The quantitative estimate of drug-likeness (QED) is 0.712. The first-order chi connectivity index (χ1) is 13.5. The van der Waals surface area contributed by atoms with Gasteiger partial charge >= 0.3 is 0 Å². The maximum Gasteiger partial charge on any atom is 0.207 e. The Bertz CT molecular complexity index is 697. The molecule has 0 atom stereocenters. The molecule has 0 unspecified atom stereocenters. The van der Waals surface area contributed by atoms with E-state index in [2.05, 4.69) is 24.4 Å². The molecule has 1 aromatic carbocycles. The second-order valence-electron chi connectivity index (χ2n) is 7.99. The Hall–Kier alpha value is -2.01. The third-order valence-corrected chi connectivity index (χ3v) is 4.92. The van der Waals surface area contributed by atoms with Gasteiger partial charge < -0.3 is 19.6 Å². The van der Waals surface area contributed by atoms with E-state index < -0.39 is 0 Å². The van der Waals surface area contributed by atoms with Crippen LogP contribution in [0.15, 0.2) is 28.9 Å². The molecule has 0 radical (unpaired) electrons. The van der Waals surface area contributed by atoms with Gasteiger partial charge in [0.1, 0.15) is 0 Å². The number of nitrogens with one attached hydrogen (secondary N) is 1. The van der Waals surface area contributed by atoms with E-state index in [1.807, 2.05) is 6.07 Å². The van der Waals surface area contributed by atoms with Crippen molar-refractivity contribution in [2.24, 2.45) is 0 Å². The molecular formula is C23H35NO4. The average molecular weight is 390 g/mol. The highest BCUT2D eigenvalue weighted by Gasteiger charge is 2.20. The fourth-order valence-electron chi connectivity index (χ4n) is 3.31. The molecule has 2 fully saturated rings. The number of aliphatic hydroxyl groups is 1. The number of hydrogen-bond donors (Lipinski definition) is 2. The van der Waals surface area contributed by atoms with Crippen LogP contribution in [0.1, 0.15) is 70.8 Å². The number of rotatable bonds is 4. The second kappa shape index (κ2) is 11.7. The SMILES string of the molecule is CC(C)O.Cc1cc(OC2CCC2)c2occc2c1.O=CNC1CCCCC1. The van der Waals surface area contributed by atoms with Crippen molar-refractivity contribution < 1.29 is 19.1 Å². The van der Waals surface area contributed by atoms with Gasteiger partial charge in [-0.3, -0.25) is 4.79 Å². The van der Waals surface area contributed by atoms with Gasteiger partial charge in [-0.15, -0.1) is 0 Å².